The van der Waals surface area contributed by atoms with Crippen molar-refractivity contribution in [1.82, 2.24) is 15.2 Å². The molecule has 7 nitrogen and oxygen atoms in total. The van der Waals surface area contributed by atoms with Gasteiger partial charge in [-0.1, -0.05) is 6.07 Å². The maximum Gasteiger partial charge on any atom is 0.323 e. The van der Waals surface area contributed by atoms with Crippen LogP contribution < -0.4 is 10.6 Å². The van der Waals surface area contributed by atoms with Crippen molar-refractivity contribution in [2.75, 3.05) is 11.9 Å². The molecule has 3 amide bonds. The first-order valence-corrected chi connectivity index (χ1v) is 7.53. The number of carbonyl (C=O) groups excluding carboxylic acids is 2. The van der Waals surface area contributed by atoms with Crippen LogP contribution in [-0.4, -0.2) is 34.4 Å². The minimum atomic E-state index is -0.464. The zero-order chi connectivity index (χ0) is 16.1. The van der Waals surface area contributed by atoms with Crippen LogP contribution in [0, 0.1) is 0 Å². The molecule has 1 saturated heterocycles. The highest BCUT2D eigenvalue weighted by atomic mass is 16.3. The summed E-state index contributed by atoms with van der Waals surface area (Å²) < 4.78 is 5.18. The number of hydrogen-bond acceptors (Lipinski definition) is 4. The number of nitrogens with zero attached hydrogens (tertiary/aromatic N) is 2. The molecule has 1 atom stereocenters. The van der Waals surface area contributed by atoms with E-state index in [0.29, 0.717) is 31.1 Å². The predicted molar refractivity (Wildman–Crippen MR) is 83.5 cm³/mol. The van der Waals surface area contributed by atoms with Crippen LogP contribution in [-0.2, 0) is 11.3 Å². The van der Waals surface area contributed by atoms with Crippen LogP contribution in [0.15, 0.2) is 47.2 Å². The Morgan fingerprint density at radius 2 is 2.22 bits per heavy atom. The van der Waals surface area contributed by atoms with Gasteiger partial charge in [-0.15, -0.1) is 0 Å². The second-order valence-electron chi connectivity index (χ2n) is 5.29. The lowest BCUT2D eigenvalue weighted by Crippen LogP contribution is -2.47. The van der Waals surface area contributed by atoms with Crippen LogP contribution >= 0.6 is 0 Å². The Balaban J connectivity index is 1.58. The van der Waals surface area contributed by atoms with Gasteiger partial charge >= 0.3 is 6.03 Å². The van der Waals surface area contributed by atoms with Gasteiger partial charge in [0.25, 0.3) is 0 Å². The second kappa shape index (κ2) is 6.95. The van der Waals surface area contributed by atoms with Gasteiger partial charge in [-0.2, -0.15) is 0 Å². The summed E-state index contributed by atoms with van der Waals surface area (Å²) in [6.07, 6.45) is 4.62. The molecule has 0 saturated carbocycles. The normalized spacial score (nSPS) is 17.0. The molecule has 7 heteroatoms. The van der Waals surface area contributed by atoms with Gasteiger partial charge in [-0.25, -0.2) is 9.78 Å². The smallest absolute Gasteiger partial charge is 0.323 e. The average molecular weight is 314 g/mol. The highest BCUT2D eigenvalue weighted by Gasteiger charge is 2.34. The van der Waals surface area contributed by atoms with Crippen molar-refractivity contribution in [2.24, 2.45) is 0 Å². The van der Waals surface area contributed by atoms with Gasteiger partial charge in [0.15, 0.2) is 0 Å². The number of pyridine rings is 1. The number of carbonyl (C=O) groups is 2. The average Bonchev–Trinajstić information content (AvgIpc) is 3.25. The van der Waals surface area contributed by atoms with Crippen molar-refractivity contribution < 1.29 is 14.0 Å². The quantitative estimate of drug-likeness (QED) is 0.903. The number of nitrogens with one attached hydrogen (secondary N) is 2. The molecule has 0 unspecified atom stereocenters. The van der Waals surface area contributed by atoms with Crippen molar-refractivity contribution in [3.8, 4) is 0 Å². The molecule has 0 aromatic carbocycles. The molecule has 2 N–H and O–H groups in total. The van der Waals surface area contributed by atoms with E-state index in [4.69, 9.17) is 4.42 Å². The molecule has 1 fully saturated rings. The van der Waals surface area contributed by atoms with E-state index in [2.05, 4.69) is 15.6 Å². The first-order chi connectivity index (χ1) is 11.2. The van der Waals surface area contributed by atoms with E-state index in [1.165, 1.54) is 0 Å². The zero-order valence-electron chi connectivity index (χ0n) is 12.6. The number of rotatable bonds is 4. The molecule has 1 aliphatic rings. The summed E-state index contributed by atoms with van der Waals surface area (Å²) in [6.45, 7) is 0.871. The number of anilines is 1. The molecule has 0 radical (unpaired) electrons. The number of likely N-dealkylation sites (tertiary alicyclic amines) is 1. The van der Waals surface area contributed by atoms with E-state index < -0.39 is 6.04 Å². The summed E-state index contributed by atoms with van der Waals surface area (Å²) in [5.74, 6) is 0.982. The zero-order valence-corrected chi connectivity index (χ0v) is 12.6. The maximum absolute atomic E-state index is 12.3. The third-order valence-corrected chi connectivity index (χ3v) is 3.73. The summed E-state index contributed by atoms with van der Waals surface area (Å²) >= 11 is 0. The lowest BCUT2D eigenvalue weighted by molar-refractivity contribution is -0.124. The van der Waals surface area contributed by atoms with Crippen LogP contribution in [0.4, 0.5) is 10.6 Å². The monoisotopic (exact) mass is 314 g/mol. The molecule has 23 heavy (non-hydrogen) atoms. The lowest BCUT2D eigenvalue weighted by Gasteiger charge is -2.23. The topological polar surface area (TPSA) is 87.5 Å². The van der Waals surface area contributed by atoms with Gasteiger partial charge in [0.1, 0.15) is 17.6 Å². The fourth-order valence-corrected chi connectivity index (χ4v) is 2.61. The molecule has 2 aromatic heterocycles. The van der Waals surface area contributed by atoms with Crippen molar-refractivity contribution in [1.29, 1.82) is 0 Å². The van der Waals surface area contributed by atoms with Crippen molar-refractivity contribution in [3.63, 3.8) is 0 Å². The molecule has 120 valence electrons. The van der Waals surface area contributed by atoms with Gasteiger partial charge in [-0.05, 0) is 37.1 Å². The largest absolute Gasteiger partial charge is 0.467 e. The van der Waals surface area contributed by atoms with Crippen molar-refractivity contribution in [2.45, 2.75) is 25.4 Å². The standard InChI is InChI=1S/C16H18N4O3/c21-15(18-11-12-5-4-10-23-12)13-6-3-9-20(13)16(22)19-14-7-1-2-8-17-14/h1-2,4-5,7-8,10,13H,3,6,9,11H2,(H,18,21)(H,17,19,22)/t13-/m0/s1. The number of amides is 3. The van der Waals surface area contributed by atoms with Crippen molar-refractivity contribution >= 4 is 17.8 Å². The third kappa shape index (κ3) is 3.68. The molecule has 2 aromatic rings. The van der Waals surface area contributed by atoms with E-state index >= 15 is 0 Å². The molecular weight excluding hydrogens is 296 g/mol. The fraction of sp³-hybridized carbons (Fsp3) is 0.312. The molecule has 1 aliphatic heterocycles. The number of urea groups is 1. The Labute approximate surface area is 133 Å². The summed E-state index contributed by atoms with van der Waals surface area (Å²) in [7, 11) is 0. The van der Waals surface area contributed by atoms with Gasteiger partial charge in [0, 0.05) is 12.7 Å². The Hall–Kier alpha value is -2.83. The van der Waals surface area contributed by atoms with Gasteiger partial charge in [0.05, 0.1) is 12.8 Å². The van der Waals surface area contributed by atoms with Gasteiger partial charge in [-0.3, -0.25) is 10.1 Å². The van der Waals surface area contributed by atoms with E-state index in [-0.39, 0.29) is 11.9 Å². The van der Waals surface area contributed by atoms with E-state index in [1.54, 1.807) is 47.7 Å². The minimum Gasteiger partial charge on any atom is -0.467 e. The highest BCUT2D eigenvalue weighted by Crippen LogP contribution is 2.19. The lowest BCUT2D eigenvalue weighted by atomic mass is 10.2. The molecule has 0 bridgehead atoms. The minimum absolute atomic E-state index is 0.171. The van der Waals surface area contributed by atoms with Gasteiger partial charge < -0.3 is 14.6 Å². The van der Waals surface area contributed by atoms with E-state index in [0.717, 1.165) is 6.42 Å². The first kappa shape index (κ1) is 15.1. The SMILES string of the molecule is O=C(NCc1ccco1)[C@@H]1CCCN1C(=O)Nc1ccccn1. The number of hydrogen-bond donors (Lipinski definition) is 2. The Bertz CT molecular complexity index is 657. The first-order valence-electron chi connectivity index (χ1n) is 7.53. The number of aromatic nitrogens is 1. The highest BCUT2D eigenvalue weighted by molar-refractivity contribution is 5.93. The second-order valence-corrected chi connectivity index (χ2v) is 5.29. The third-order valence-electron chi connectivity index (χ3n) is 3.73. The van der Waals surface area contributed by atoms with Crippen LogP contribution in [0.1, 0.15) is 18.6 Å². The fourth-order valence-electron chi connectivity index (χ4n) is 2.61. The Morgan fingerprint density at radius 1 is 1.30 bits per heavy atom. The summed E-state index contributed by atoms with van der Waals surface area (Å²) in [5, 5.41) is 5.52. The maximum atomic E-state index is 12.3. The molecule has 3 rings (SSSR count). The molecular formula is C16H18N4O3. The van der Waals surface area contributed by atoms with Gasteiger partial charge in [0.2, 0.25) is 5.91 Å². The Kier molecular flexibility index (Phi) is 4.56. The van der Waals surface area contributed by atoms with Crippen LogP contribution in [0.3, 0.4) is 0 Å². The number of furan rings is 1. The van der Waals surface area contributed by atoms with Crippen LogP contribution in [0.25, 0.3) is 0 Å². The van der Waals surface area contributed by atoms with E-state index in [9.17, 15) is 9.59 Å². The van der Waals surface area contributed by atoms with Crippen LogP contribution in [0.2, 0.25) is 0 Å². The summed E-state index contributed by atoms with van der Waals surface area (Å²) in [4.78, 5) is 30.3. The predicted octanol–water partition coefficient (Wildman–Crippen LogP) is 1.99. The van der Waals surface area contributed by atoms with Crippen molar-refractivity contribution in [3.05, 3.63) is 48.6 Å². The summed E-state index contributed by atoms with van der Waals surface area (Å²) in [6, 6.07) is 8.06. The Morgan fingerprint density at radius 3 is 2.96 bits per heavy atom. The molecule has 3 heterocycles. The molecule has 0 spiro atoms. The van der Waals surface area contributed by atoms with Crippen LogP contribution in [0.5, 0.6) is 0 Å². The molecule has 0 aliphatic carbocycles. The summed E-state index contributed by atoms with van der Waals surface area (Å²) in [5.41, 5.74) is 0. The van der Waals surface area contributed by atoms with E-state index in [1.807, 2.05) is 0 Å².